The molecule has 2 unspecified atom stereocenters. The maximum atomic E-state index is 13.1. The van der Waals surface area contributed by atoms with Crippen LogP contribution in [0.1, 0.15) is 18.9 Å². The summed E-state index contributed by atoms with van der Waals surface area (Å²) in [5.74, 6) is -0.246. The Kier molecular flexibility index (Phi) is 3.71. The molecule has 0 amide bonds. The van der Waals surface area contributed by atoms with Crippen LogP contribution < -0.4 is 0 Å². The smallest absolute Gasteiger partial charge is 0.123 e. The normalized spacial score (nSPS) is 23.6. The predicted molar refractivity (Wildman–Crippen MR) is 64.7 cm³/mol. The van der Waals surface area contributed by atoms with Crippen LogP contribution in [-0.2, 0) is 11.2 Å². The van der Waals surface area contributed by atoms with E-state index in [1.54, 1.807) is 6.92 Å². The zero-order valence-electron chi connectivity index (χ0n) is 9.75. The predicted octanol–water partition coefficient (Wildman–Crippen LogP) is 2.81. The zero-order chi connectivity index (χ0) is 12.5. The number of ether oxygens (including phenoxy) is 1. The van der Waals surface area contributed by atoms with Crippen molar-refractivity contribution in [1.29, 1.82) is 0 Å². The molecule has 1 aliphatic heterocycles. The molecule has 0 bridgehead atoms. The van der Waals surface area contributed by atoms with E-state index in [1.807, 2.05) is 0 Å². The minimum Gasteiger partial charge on any atom is -0.389 e. The quantitative estimate of drug-likeness (QED) is 0.903. The summed E-state index contributed by atoms with van der Waals surface area (Å²) in [5.41, 5.74) is -0.267. The number of rotatable bonds is 3. The molecule has 1 heterocycles. The van der Waals surface area contributed by atoms with Gasteiger partial charge >= 0.3 is 0 Å². The first-order valence-corrected chi connectivity index (χ1v) is 6.11. The molecule has 1 aromatic rings. The molecule has 1 saturated heterocycles. The Morgan fingerprint density at radius 3 is 3.00 bits per heavy atom. The lowest BCUT2D eigenvalue weighted by Crippen LogP contribution is -2.37. The summed E-state index contributed by atoms with van der Waals surface area (Å²) in [6.45, 7) is 2.99. The maximum Gasteiger partial charge on any atom is 0.123 e. The fourth-order valence-corrected chi connectivity index (χ4v) is 2.42. The van der Waals surface area contributed by atoms with Crippen molar-refractivity contribution in [1.82, 2.24) is 0 Å². The van der Waals surface area contributed by atoms with Gasteiger partial charge in [-0.3, -0.25) is 0 Å². The second-order valence-corrected chi connectivity index (χ2v) is 5.24. The van der Waals surface area contributed by atoms with Crippen LogP contribution in [0.2, 0.25) is 5.02 Å². The van der Waals surface area contributed by atoms with Gasteiger partial charge in [0.15, 0.2) is 0 Å². The van der Waals surface area contributed by atoms with Gasteiger partial charge in [-0.05, 0) is 37.1 Å². The largest absolute Gasteiger partial charge is 0.389 e. The molecule has 0 saturated carbocycles. The number of hydrogen-bond acceptors (Lipinski definition) is 2. The second kappa shape index (κ2) is 4.92. The Bertz CT molecular complexity index is 400. The molecule has 1 aliphatic rings. The first-order valence-electron chi connectivity index (χ1n) is 5.73. The highest BCUT2D eigenvalue weighted by Gasteiger charge is 2.35. The molecule has 2 rings (SSSR count). The van der Waals surface area contributed by atoms with Crippen molar-refractivity contribution in [3.63, 3.8) is 0 Å². The summed E-state index contributed by atoms with van der Waals surface area (Å²) in [6.07, 6.45) is 1.18. The summed E-state index contributed by atoms with van der Waals surface area (Å²) in [5, 5.41) is 10.9. The fraction of sp³-hybridized carbons (Fsp3) is 0.538. The highest BCUT2D eigenvalue weighted by molar-refractivity contribution is 6.31. The van der Waals surface area contributed by atoms with Crippen LogP contribution in [0.4, 0.5) is 4.39 Å². The van der Waals surface area contributed by atoms with Gasteiger partial charge in [0.25, 0.3) is 0 Å². The van der Waals surface area contributed by atoms with Crippen molar-refractivity contribution in [2.24, 2.45) is 5.92 Å². The van der Waals surface area contributed by atoms with E-state index in [-0.39, 0.29) is 11.7 Å². The molecule has 94 valence electrons. The van der Waals surface area contributed by atoms with Crippen LogP contribution in [0.3, 0.4) is 0 Å². The van der Waals surface area contributed by atoms with E-state index in [0.29, 0.717) is 30.2 Å². The third-order valence-electron chi connectivity index (χ3n) is 3.37. The maximum absolute atomic E-state index is 13.1. The molecule has 0 radical (unpaired) electrons. The third-order valence-corrected chi connectivity index (χ3v) is 3.73. The third kappa shape index (κ3) is 2.97. The van der Waals surface area contributed by atoms with Crippen LogP contribution >= 0.6 is 11.6 Å². The Morgan fingerprint density at radius 2 is 2.35 bits per heavy atom. The summed E-state index contributed by atoms with van der Waals surface area (Å²) in [4.78, 5) is 0. The monoisotopic (exact) mass is 258 g/mol. The van der Waals surface area contributed by atoms with Gasteiger partial charge in [-0.2, -0.15) is 0 Å². The van der Waals surface area contributed by atoms with Gasteiger partial charge in [0.05, 0.1) is 12.2 Å². The summed E-state index contributed by atoms with van der Waals surface area (Å²) in [7, 11) is 0. The molecular weight excluding hydrogens is 243 g/mol. The minimum absolute atomic E-state index is 0.0850. The summed E-state index contributed by atoms with van der Waals surface area (Å²) >= 11 is 6.00. The van der Waals surface area contributed by atoms with Crippen LogP contribution in [0.5, 0.6) is 0 Å². The topological polar surface area (TPSA) is 29.5 Å². The molecule has 1 N–H and O–H groups in total. The Hall–Kier alpha value is -0.640. The average molecular weight is 259 g/mol. The highest BCUT2D eigenvalue weighted by Crippen LogP contribution is 2.31. The first kappa shape index (κ1) is 12.8. The van der Waals surface area contributed by atoms with E-state index in [0.717, 1.165) is 6.42 Å². The van der Waals surface area contributed by atoms with Crippen molar-refractivity contribution in [2.45, 2.75) is 25.4 Å². The van der Waals surface area contributed by atoms with E-state index >= 15 is 0 Å². The molecule has 0 aromatic heterocycles. The first-order chi connectivity index (χ1) is 7.99. The molecule has 4 heteroatoms. The van der Waals surface area contributed by atoms with E-state index in [1.165, 1.54) is 18.2 Å². The lowest BCUT2D eigenvalue weighted by Gasteiger charge is -2.29. The van der Waals surface area contributed by atoms with Gasteiger partial charge in [-0.25, -0.2) is 4.39 Å². The van der Waals surface area contributed by atoms with E-state index < -0.39 is 5.60 Å². The lowest BCUT2D eigenvalue weighted by atomic mass is 9.83. The number of halogens is 2. The van der Waals surface area contributed by atoms with Crippen LogP contribution in [0.25, 0.3) is 0 Å². The minimum atomic E-state index is -0.909. The van der Waals surface area contributed by atoms with Gasteiger partial charge in [-0.1, -0.05) is 11.6 Å². The van der Waals surface area contributed by atoms with Crippen molar-refractivity contribution in [3.05, 3.63) is 34.6 Å². The summed E-state index contributed by atoms with van der Waals surface area (Å²) in [6, 6.07) is 4.22. The average Bonchev–Trinajstić information content (AvgIpc) is 2.77. The lowest BCUT2D eigenvalue weighted by molar-refractivity contribution is -0.00456. The van der Waals surface area contributed by atoms with Crippen LogP contribution in [0.15, 0.2) is 18.2 Å². The van der Waals surface area contributed by atoms with Crippen molar-refractivity contribution < 1.29 is 14.2 Å². The van der Waals surface area contributed by atoms with Gasteiger partial charge in [0.2, 0.25) is 0 Å². The SMILES string of the molecule is CC(O)(Cc1cc(F)ccc1Cl)C1CCOC1. The van der Waals surface area contributed by atoms with E-state index in [4.69, 9.17) is 16.3 Å². The van der Waals surface area contributed by atoms with E-state index in [9.17, 15) is 9.50 Å². The molecule has 2 atom stereocenters. The fourth-order valence-electron chi connectivity index (χ4n) is 2.23. The van der Waals surface area contributed by atoms with Crippen LogP contribution in [0, 0.1) is 11.7 Å². The molecule has 1 aromatic carbocycles. The summed E-state index contributed by atoms with van der Waals surface area (Å²) < 4.78 is 18.4. The molecule has 0 spiro atoms. The number of aliphatic hydroxyl groups is 1. The number of hydrogen-bond donors (Lipinski definition) is 1. The van der Waals surface area contributed by atoms with Gasteiger partial charge in [0.1, 0.15) is 5.82 Å². The standard InChI is InChI=1S/C13H16ClFO2/c1-13(16,10-4-5-17-8-10)7-9-6-11(15)2-3-12(9)14/h2-3,6,10,16H,4-5,7-8H2,1H3. The van der Waals surface area contributed by atoms with E-state index in [2.05, 4.69) is 0 Å². The highest BCUT2D eigenvalue weighted by atomic mass is 35.5. The molecule has 1 fully saturated rings. The molecule has 2 nitrogen and oxygen atoms in total. The van der Waals surface area contributed by atoms with Crippen LogP contribution in [-0.4, -0.2) is 23.9 Å². The van der Waals surface area contributed by atoms with Crippen molar-refractivity contribution in [2.75, 3.05) is 13.2 Å². The molecule has 0 aliphatic carbocycles. The van der Waals surface area contributed by atoms with Gasteiger partial charge < -0.3 is 9.84 Å². The Balaban J connectivity index is 2.15. The van der Waals surface area contributed by atoms with Crippen molar-refractivity contribution >= 4 is 11.6 Å². The zero-order valence-corrected chi connectivity index (χ0v) is 10.5. The van der Waals surface area contributed by atoms with Crippen molar-refractivity contribution in [3.8, 4) is 0 Å². The van der Waals surface area contributed by atoms with Gasteiger partial charge in [-0.15, -0.1) is 0 Å². The Labute approximate surface area is 105 Å². The second-order valence-electron chi connectivity index (χ2n) is 4.83. The van der Waals surface area contributed by atoms with Gasteiger partial charge in [0, 0.05) is 24.0 Å². The number of benzene rings is 1. The Morgan fingerprint density at radius 1 is 1.59 bits per heavy atom. The molecular formula is C13H16ClFO2. The molecule has 17 heavy (non-hydrogen) atoms.